The molecule has 1 aromatic heterocycles. The van der Waals surface area contributed by atoms with E-state index < -0.39 is 10.0 Å². The minimum atomic E-state index is -3.58. The van der Waals surface area contributed by atoms with Crippen LogP contribution in [0.15, 0.2) is 35.7 Å². The van der Waals surface area contributed by atoms with E-state index in [-0.39, 0.29) is 18.9 Å². The number of carbonyl (C=O) groups excluding carboxylic acids is 1. The minimum absolute atomic E-state index is 0.0401. The van der Waals surface area contributed by atoms with Gasteiger partial charge >= 0.3 is 0 Å². The molecule has 0 atom stereocenters. The Bertz CT molecular complexity index is 896. The summed E-state index contributed by atoms with van der Waals surface area (Å²) in [5, 5.41) is 4.53. The predicted octanol–water partition coefficient (Wildman–Crippen LogP) is 3.72. The largest absolute Gasteiger partial charge is 0.302 e. The normalized spacial score (nSPS) is 15.0. The molecule has 1 aliphatic rings. The van der Waals surface area contributed by atoms with Crippen molar-refractivity contribution in [1.29, 1.82) is 0 Å². The van der Waals surface area contributed by atoms with E-state index >= 15 is 0 Å². The van der Waals surface area contributed by atoms with E-state index in [2.05, 4.69) is 15.0 Å². The number of carbonyl (C=O) groups is 1. The zero-order valence-electron chi connectivity index (χ0n) is 15.7. The second-order valence-electron chi connectivity index (χ2n) is 6.75. The van der Waals surface area contributed by atoms with Crippen molar-refractivity contribution in [3.8, 4) is 0 Å². The van der Waals surface area contributed by atoms with Crippen LogP contribution in [0.4, 0.5) is 5.13 Å². The Morgan fingerprint density at radius 3 is 2.64 bits per heavy atom. The molecule has 3 rings (SSSR count). The Hall–Kier alpha value is -2.03. The topological polar surface area (TPSA) is 88.2 Å². The summed E-state index contributed by atoms with van der Waals surface area (Å²) in [6.45, 7) is 0.0401. The maximum atomic E-state index is 12.1. The molecule has 8 heteroatoms. The summed E-state index contributed by atoms with van der Waals surface area (Å²) >= 11 is 1.54. The first-order valence-electron chi connectivity index (χ1n) is 9.53. The lowest BCUT2D eigenvalue weighted by atomic mass is 10.0. The van der Waals surface area contributed by atoms with Gasteiger partial charge < -0.3 is 5.32 Å². The number of benzene rings is 1. The SMILES string of the molecule is O=C(CCNS(=O)(=O)/C=C/c1ccccc1)Nc1nc2c(s1)CCCCCC2. The fourth-order valence-corrected chi connectivity index (χ4v) is 4.91. The molecule has 150 valence electrons. The van der Waals surface area contributed by atoms with Gasteiger partial charge in [-0.2, -0.15) is 0 Å². The quantitative estimate of drug-likeness (QED) is 0.716. The van der Waals surface area contributed by atoms with Gasteiger partial charge in [0, 0.05) is 23.3 Å². The Morgan fingerprint density at radius 2 is 1.86 bits per heavy atom. The van der Waals surface area contributed by atoms with E-state index in [1.807, 2.05) is 30.3 Å². The average Bonchev–Trinajstić information content (AvgIpc) is 3.01. The molecule has 1 aliphatic carbocycles. The number of fused-ring (bicyclic) bond motifs is 1. The average molecular weight is 420 g/mol. The molecular formula is C20H25N3O3S2. The van der Waals surface area contributed by atoms with E-state index in [0.717, 1.165) is 35.9 Å². The van der Waals surface area contributed by atoms with Gasteiger partial charge in [0.1, 0.15) is 0 Å². The van der Waals surface area contributed by atoms with Gasteiger partial charge in [0.25, 0.3) is 0 Å². The van der Waals surface area contributed by atoms with Gasteiger partial charge in [0.15, 0.2) is 5.13 Å². The molecule has 0 unspecified atom stereocenters. The molecule has 2 aromatic rings. The van der Waals surface area contributed by atoms with Gasteiger partial charge in [-0.05, 0) is 37.3 Å². The highest BCUT2D eigenvalue weighted by Crippen LogP contribution is 2.28. The molecule has 0 radical (unpaired) electrons. The molecular weight excluding hydrogens is 394 g/mol. The summed E-state index contributed by atoms with van der Waals surface area (Å²) in [5.74, 6) is -0.239. The standard InChI is InChI=1S/C20H25N3O3S2/c24-19(23-20-22-17-10-6-1-2-7-11-18(17)27-20)12-14-21-28(25,26)15-13-16-8-4-3-5-9-16/h3-5,8-9,13,15,21H,1-2,6-7,10-12,14H2,(H,22,23,24)/b15-13+. The number of hydrogen-bond donors (Lipinski definition) is 2. The maximum absolute atomic E-state index is 12.1. The number of aryl methyl sites for hydroxylation is 2. The number of aromatic nitrogens is 1. The molecule has 1 amide bonds. The van der Waals surface area contributed by atoms with Crippen LogP contribution in [-0.2, 0) is 27.7 Å². The number of hydrogen-bond acceptors (Lipinski definition) is 5. The van der Waals surface area contributed by atoms with Crippen molar-refractivity contribution in [2.75, 3.05) is 11.9 Å². The molecule has 6 nitrogen and oxygen atoms in total. The van der Waals surface area contributed by atoms with Crippen molar-refractivity contribution < 1.29 is 13.2 Å². The van der Waals surface area contributed by atoms with E-state index in [4.69, 9.17) is 0 Å². The summed E-state index contributed by atoms with van der Waals surface area (Å²) in [6.07, 6.45) is 8.36. The zero-order chi connectivity index (χ0) is 19.8. The first-order chi connectivity index (χ1) is 13.5. The molecule has 0 saturated carbocycles. The highest BCUT2D eigenvalue weighted by molar-refractivity contribution is 7.92. The predicted molar refractivity (Wildman–Crippen MR) is 114 cm³/mol. The number of nitrogens with zero attached hydrogens (tertiary/aromatic N) is 1. The van der Waals surface area contributed by atoms with Crippen LogP contribution in [0.5, 0.6) is 0 Å². The van der Waals surface area contributed by atoms with Crippen LogP contribution in [0, 0.1) is 0 Å². The lowest BCUT2D eigenvalue weighted by molar-refractivity contribution is -0.116. The van der Waals surface area contributed by atoms with Crippen molar-refractivity contribution in [3.05, 3.63) is 51.9 Å². The number of sulfonamides is 1. The Morgan fingerprint density at radius 1 is 1.11 bits per heavy atom. The molecule has 28 heavy (non-hydrogen) atoms. The van der Waals surface area contributed by atoms with E-state index in [9.17, 15) is 13.2 Å². The van der Waals surface area contributed by atoms with Crippen molar-refractivity contribution in [3.63, 3.8) is 0 Å². The molecule has 0 aliphatic heterocycles. The smallest absolute Gasteiger partial charge is 0.233 e. The maximum Gasteiger partial charge on any atom is 0.233 e. The Kier molecular flexibility index (Phi) is 7.36. The highest BCUT2D eigenvalue weighted by atomic mass is 32.2. The zero-order valence-corrected chi connectivity index (χ0v) is 17.3. The summed E-state index contributed by atoms with van der Waals surface area (Å²) in [4.78, 5) is 17.9. The Balaban J connectivity index is 1.46. The lowest BCUT2D eigenvalue weighted by Gasteiger charge is -2.06. The fraction of sp³-hybridized carbons (Fsp3) is 0.400. The van der Waals surface area contributed by atoms with Crippen molar-refractivity contribution in [1.82, 2.24) is 9.71 Å². The number of thiazole rings is 1. The van der Waals surface area contributed by atoms with Crippen molar-refractivity contribution in [2.24, 2.45) is 0 Å². The van der Waals surface area contributed by atoms with Crippen LogP contribution in [0.1, 0.15) is 48.2 Å². The van der Waals surface area contributed by atoms with Crippen LogP contribution < -0.4 is 10.0 Å². The summed E-state index contributed by atoms with van der Waals surface area (Å²) in [5.41, 5.74) is 1.90. The van der Waals surface area contributed by atoms with Gasteiger partial charge in [-0.15, -0.1) is 11.3 Å². The third-order valence-corrected chi connectivity index (χ3v) is 6.66. The Labute approximate surface area is 170 Å². The van der Waals surface area contributed by atoms with E-state index in [1.165, 1.54) is 41.6 Å². The molecule has 0 spiro atoms. The fourth-order valence-electron chi connectivity index (χ4n) is 3.03. The van der Waals surface area contributed by atoms with Crippen LogP contribution in [0.2, 0.25) is 0 Å². The van der Waals surface area contributed by atoms with E-state index in [1.54, 1.807) is 0 Å². The molecule has 1 aromatic carbocycles. The molecule has 0 bridgehead atoms. The second kappa shape index (κ2) is 9.95. The van der Waals surface area contributed by atoms with Gasteiger partial charge in [-0.3, -0.25) is 4.79 Å². The molecule has 0 fully saturated rings. The highest BCUT2D eigenvalue weighted by Gasteiger charge is 2.15. The molecule has 0 saturated heterocycles. The van der Waals surface area contributed by atoms with Crippen LogP contribution >= 0.6 is 11.3 Å². The molecule has 2 N–H and O–H groups in total. The second-order valence-corrected chi connectivity index (χ2v) is 9.49. The number of rotatable bonds is 7. The van der Waals surface area contributed by atoms with Gasteiger partial charge in [0.2, 0.25) is 15.9 Å². The van der Waals surface area contributed by atoms with Gasteiger partial charge in [0.05, 0.1) is 5.69 Å². The van der Waals surface area contributed by atoms with Gasteiger partial charge in [-0.1, -0.05) is 43.2 Å². The van der Waals surface area contributed by atoms with Crippen LogP contribution in [0.25, 0.3) is 6.08 Å². The summed E-state index contributed by atoms with van der Waals surface area (Å²) in [7, 11) is -3.58. The lowest BCUT2D eigenvalue weighted by Crippen LogP contribution is -2.26. The first kappa shape index (κ1) is 20.7. The number of anilines is 1. The third kappa shape index (κ3) is 6.54. The van der Waals surface area contributed by atoms with Gasteiger partial charge in [-0.25, -0.2) is 18.1 Å². The van der Waals surface area contributed by atoms with Crippen molar-refractivity contribution in [2.45, 2.75) is 44.9 Å². The summed E-state index contributed by atoms with van der Waals surface area (Å²) in [6, 6.07) is 9.17. The third-order valence-electron chi connectivity index (χ3n) is 4.49. The monoisotopic (exact) mass is 419 g/mol. The molecule has 1 heterocycles. The number of amides is 1. The van der Waals surface area contributed by atoms with Crippen LogP contribution in [-0.4, -0.2) is 25.9 Å². The minimum Gasteiger partial charge on any atom is -0.302 e. The first-order valence-corrected chi connectivity index (χ1v) is 11.9. The number of nitrogens with one attached hydrogen (secondary N) is 2. The summed E-state index contributed by atoms with van der Waals surface area (Å²) < 4.78 is 26.4. The van der Waals surface area contributed by atoms with Crippen LogP contribution in [0.3, 0.4) is 0 Å². The van der Waals surface area contributed by atoms with E-state index in [0.29, 0.717) is 5.13 Å². The van der Waals surface area contributed by atoms with Crippen molar-refractivity contribution >= 4 is 38.5 Å².